The van der Waals surface area contributed by atoms with Crippen molar-refractivity contribution in [2.75, 3.05) is 7.05 Å². The van der Waals surface area contributed by atoms with Gasteiger partial charge in [-0.3, -0.25) is 4.79 Å². The Bertz CT molecular complexity index is 1390. The Morgan fingerprint density at radius 3 is 2.64 bits per heavy atom. The molecule has 0 unspecified atom stereocenters. The molecule has 0 radical (unpaired) electrons. The highest BCUT2D eigenvalue weighted by atomic mass is 32.2. The first-order valence-electron chi connectivity index (χ1n) is 8.82. The van der Waals surface area contributed by atoms with Crippen molar-refractivity contribution in [3.05, 3.63) is 58.1 Å². The Labute approximate surface area is 161 Å². The summed E-state index contributed by atoms with van der Waals surface area (Å²) in [6, 6.07) is 9.98. The number of benzene rings is 2. The summed E-state index contributed by atoms with van der Waals surface area (Å²) in [5.74, 6) is -0.527. The predicted molar refractivity (Wildman–Crippen MR) is 105 cm³/mol. The van der Waals surface area contributed by atoms with Crippen LogP contribution in [0.25, 0.3) is 16.5 Å². The molecule has 8 heteroatoms. The van der Waals surface area contributed by atoms with Gasteiger partial charge in [-0.2, -0.15) is 0 Å². The molecule has 144 valence electrons. The molecular formula is C20H19N3O4S. The molecule has 7 nitrogen and oxygen atoms in total. The summed E-state index contributed by atoms with van der Waals surface area (Å²) in [6.07, 6.45) is 0. The molecule has 2 aromatic carbocycles. The molecule has 1 aliphatic heterocycles. The van der Waals surface area contributed by atoms with E-state index in [1.54, 1.807) is 4.57 Å². The molecule has 0 saturated heterocycles. The Morgan fingerprint density at radius 2 is 1.96 bits per heavy atom. The summed E-state index contributed by atoms with van der Waals surface area (Å²) >= 11 is 0. The van der Waals surface area contributed by atoms with E-state index >= 15 is 0 Å². The van der Waals surface area contributed by atoms with Crippen molar-refractivity contribution in [3.63, 3.8) is 0 Å². The topological polar surface area (TPSA) is 101 Å². The zero-order valence-corrected chi connectivity index (χ0v) is 16.5. The largest absolute Gasteiger partial charge is 0.494 e. The van der Waals surface area contributed by atoms with Crippen LogP contribution in [0.1, 0.15) is 18.1 Å². The molecule has 0 saturated carbocycles. The molecular weight excluding hydrogens is 378 g/mol. The maximum atomic E-state index is 12.8. The van der Waals surface area contributed by atoms with Gasteiger partial charge in [0.2, 0.25) is 10.0 Å². The molecule has 1 aliphatic rings. The van der Waals surface area contributed by atoms with Gasteiger partial charge in [0.15, 0.2) is 5.88 Å². The summed E-state index contributed by atoms with van der Waals surface area (Å²) in [5, 5.41) is 12.4. The number of aryl methyl sites for hydroxylation is 2. The van der Waals surface area contributed by atoms with Crippen LogP contribution < -0.4 is 15.3 Å². The first-order chi connectivity index (χ1) is 13.3. The van der Waals surface area contributed by atoms with Gasteiger partial charge in [0.05, 0.1) is 26.9 Å². The Balaban J connectivity index is 2.17. The highest BCUT2D eigenvalue weighted by Gasteiger charge is 2.28. The van der Waals surface area contributed by atoms with E-state index in [1.165, 1.54) is 25.2 Å². The second-order valence-corrected chi connectivity index (χ2v) is 8.48. The van der Waals surface area contributed by atoms with Gasteiger partial charge in [0.25, 0.3) is 5.91 Å². The molecule has 2 heterocycles. The lowest BCUT2D eigenvalue weighted by Crippen LogP contribution is -2.27. The van der Waals surface area contributed by atoms with Crippen molar-refractivity contribution < 1.29 is 18.3 Å². The van der Waals surface area contributed by atoms with Crippen LogP contribution in [0.4, 0.5) is 0 Å². The molecule has 1 aromatic heterocycles. The molecule has 28 heavy (non-hydrogen) atoms. The Kier molecular flexibility index (Phi) is 4.13. The lowest BCUT2D eigenvalue weighted by molar-refractivity contribution is -0.112. The lowest BCUT2D eigenvalue weighted by Gasteiger charge is -2.05. The van der Waals surface area contributed by atoms with Crippen LogP contribution in [0, 0.1) is 6.92 Å². The zero-order chi connectivity index (χ0) is 20.2. The third-order valence-corrected chi connectivity index (χ3v) is 6.49. The Hall–Kier alpha value is -2.97. The minimum atomic E-state index is -3.69. The standard InChI is InChI=1S/C20H19N3O4S/c1-4-23-18-11(2)6-5-7-13(18)17(20(23)25)16-14-10-12(28(26,27)21-3)8-9-15(14)22-19(16)24/h5-10,21,25H,4H2,1-3H3. The third-order valence-electron chi connectivity index (χ3n) is 5.07. The minimum absolute atomic E-state index is 0.0277. The maximum absolute atomic E-state index is 12.8. The van der Waals surface area contributed by atoms with Gasteiger partial charge in [-0.1, -0.05) is 18.2 Å². The molecule has 0 aliphatic carbocycles. The second kappa shape index (κ2) is 6.29. The van der Waals surface area contributed by atoms with Crippen molar-refractivity contribution in [2.24, 2.45) is 4.99 Å². The van der Waals surface area contributed by atoms with E-state index in [9.17, 15) is 18.3 Å². The summed E-state index contributed by atoms with van der Waals surface area (Å²) in [4.78, 5) is 16.8. The number of sulfonamides is 1. The third kappa shape index (κ3) is 2.49. The van der Waals surface area contributed by atoms with Crippen LogP contribution in [0.3, 0.4) is 0 Å². The molecule has 2 N–H and O–H groups in total. The minimum Gasteiger partial charge on any atom is -0.494 e. The van der Waals surface area contributed by atoms with Crippen LogP contribution in [-0.4, -0.2) is 31.0 Å². The van der Waals surface area contributed by atoms with Crippen LogP contribution in [-0.2, 0) is 21.4 Å². The number of nitrogens with zero attached hydrogens (tertiary/aromatic N) is 2. The quantitative estimate of drug-likeness (QED) is 0.684. The summed E-state index contributed by atoms with van der Waals surface area (Å²) in [5.41, 5.74) is 2.40. The SMILES string of the molecule is CCn1c(O)c(C2=c3cc(S(=O)(=O)NC)ccc3=NC2=O)c2cccc(C)c21. The smallest absolute Gasteiger partial charge is 0.279 e. The van der Waals surface area contributed by atoms with Crippen molar-refractivity contribution in [2.45, 2.75) is 25.3 Å². The summed E-state index contributed by atoms with van der Waals surface area (Å²) in [6.45, 7) is 4.37. The Morgan fingerprint density at radius 1 is 1.21 bits per heavy atom. The number of amides is 1. The molecule has 0 atom stereocenters. The number of para-hydroxylation sites is 1. The number of carbonyl (C=O) groups is 1. The average molecular weight is 397 g/mol. The summed E-state index contributed by atoms with van der Waals surface area (Å²) < 4.78 is 28.4. The zero-order valence-electron chi connectivity index (χ0n) is 15.6. The monoisotopic (exact) mass is 397 g/mol. The van der Waals surface area contributed by atoms with Gasteiger partial charge in [0.1, 0.15) is 0 Å². The van der Waals surface area contributed by atoms with Crippen molar-refractivity contribution in [1.29, 1.82) is 0 Å². The number of hydrogen-bond donors (Lipinski definition) is 2. The maximum Gasteiger partial charge on any atom is 0.279 e. The second-order valence-electron chi connectivity index (χ2n) is 6.59. The van der Waals surface area contributed by atoms with E-state index in [-0.39, 0.29) is 16.3 Å². The first-order valence-corrected chi connectivity index (χ1v) is 10.3. The fourth-order valence-electron chi connectivity index (χ4n) is 3.75. The highest BCUT2D eigenvalue weighted by Crippen LogP contribution is 2.37. The van der Waals surface area contributed by atoms with E-state index in [2.05, 4.69) is 9.71 Å². The van der Waals surface area contributed by atoms with E-state index in [0.29, 0.717) is 22.7 Å². The van der Waals surface area contributed by atoms with Crippen LogP contribution in [0.15, 0.2) is 46.3 Å². The average Bonchev–Trinajstić information content (AvgIpc) is 3.14. The fourth-order valence-corrected chi connectivity index (χ4v) is 4.51. The van der Waals surface area contributed by atoms with Gasteiger partial charge in [-0.05, 0) is 44.7 Å². The van der Waals surface area contributed by atoms with Gasteiger partial charge in [-0.15, -0.1) is 0 Å². The van der Waals surface area contributed by atoms with E-state index < -0.39 is 15.9 Å². The van der Waals surface area contributed by atoms with Crippen LogP contribution >= 0.6 is 0 Å². The number of rotatable bonds is 4. The van der Waals surface area contributed by atoms with Gasteiger partial charge >= 0.3 is 0 Å². The normalized spacial score (nSPS) is 13.8. The van der Waals surface area contributed by atoms with Crippen molar-refractivity contribution >= 4 is 32.4 Å². The van der Waals surface area contributed by atoms with E-state index in [1.807, 2.05) is 32.0 Å². The number of fused-ring (bicyclic) bond motifs is 2. The van der Waals surface area contributed by atoms with E-state index in [0.717, 1.165) is 16.5 Å². The van der Waals surface area contributed by atoms with Crippen molar-refractivity contribution in [1.82, 2.24) is 9.29 Å². The van der Waals surface area contributed by atoms with Crippen molar-refractivity contribution in [3.8, 4) is 5.88 Å². The number of aromatic nitrogens is 1. The van der Waals surface area contributed by atoms with Gasteiger partial charge < -0.3 is 9.67 Å². The summed E-state index contributed by atoms with van der Waals surface area (Å²) in [7, 11) is -2.36. The highest BCUT2D eigenvalue weighted by molar-refractivity contribution is 7.89. The molecule has 0 fully saturated rings. The predicted octanol–water partition coefficient (Wildman–Crippen LogP) is 0.942. The fraction of sp³-hybridized carbons (Fsp3) is 0.200. The molecule has 0 spiro atoms. The number of aromatic hydroxyl groups is 1. The van der Waals surface area contributed by atoms with E-state index in [4.69, 9.17) is 0 Å². The number of hydrogen-bond acceptors (Lipinski definition) is 4. The first kappa shape index (κ1) is 18.4. The van der Waals surface area contributed by atoms with Crippen LogP contribution in [0.2, 0.25) is 0 Å². The number of carbonyl (C=O) groups excluding carboxylic acids is 1. The lowest BCUT2D eigenvalue weighted by atomic mass is 10.0. The molecule has 4 rings (SSSR count). The molecule has 3 aromatic rings. The molecule has 0 bridgehead atoms. The van der Waals surface area contributed by atoms with Gasteiger partial charge in [-0.25, -0.2) is 18.1 Å². The number of nitrogens with one attached hydrogen (secondary N) is 1. The van der Waals surface area contributed by atoms with Gasteiger partial charge in [0, 0.05) is 17.1 Å². The molecule has 1 amide bonds. The van der Waals surface area contributed by atoms with Crippen LogP contribution in [0.5, 0.6) is 5.88 Å².